The highest BCUT2D eigenvalue weighted by Crippen LogP contribution is 2.21. The van der Waals surface area contributed by atoms with E-state index in [4.69, 9.17) is 4.74 Å². The molecule has 26 heavy (non-hydrogen) atoms. The first kappa shape index (κ1) is 16.3. The number of hydrogen-bond acceptors (Lipinski definition) is 5. The summed E-state index contributed by atoms with van der Waals surface area (Å²) in [6.07, 6.45) is 1.74. The molecule has 0 saturated heterocycles. The summed E-state index contributed by atoms with van der Waals surface area (Å²) in [5.41, 5.74) is 2.51. The van der Waals surface area contributed by atoms with E-state index in [0.29, 0.717) is 37.5 Å². The number of rotatable bonds is 5. The minimum Gasteiger partial charge on any atom is -0.487 e. The second-order valence-electron chi connectivity index (χ2n) is 6.27. The highest BCUT2D eigenvalue weighted by molar-refractivity contribution is 5.29. The Morgan fingerprint density at radius 2 is 2.00 bits per heavy atom. The average Bonchev–Trinajstić information content (AvgIpc) is 3.04. The van der Waals surface area contributed by atoms with Gasteiger partial charge in [-0.15, -0.1) is 0 Å². The highest BCUT2D eigenvalue weighted by atomic mass is 16.5. The van der Waals surface area contributed by atoms with Crippen LogP contribution in [0.4, 0.5) is 0 Å². The molecule has 0 saturated carbocycles. The summed E-state index contributed by atoms with van der Waals surface area (Å²) in [6, 6.07) is 13.6. The summed E-state index contributed by atoms with van der Waals surface area (Å²) in [4.78, 5) is 34.6. The lowest BCUT2D eigenvalue weighted by Gasteiger charge is -2.15. The highest BCUT2D eigenvalue weighted by Gasteiger charge is 2.22. The van der Waals surface area contributed by atoms with Gasteiger partial charge >= 0.3 is 5.69 Å². The molecule has 3 heterocycles. The molecule has 4 rings (SSSR count). The molecule has 0 amide bonds. The van der Waals surface area contributed by atoms with Gasteiger partial charge in [-0.25, -0.2) is 4.79 Å². The molecule has 0 spiro atoms. The molecule has 1 aliphatic heterocycles. The zero-order valence-corrected chi connectivity index (χ0v) is 14.1. The molecule has 7 heteroatoms. The van der Waals surface area contributed by atoms with E-state index in [1.165, 1.54) is 0 Å². The van der Waals surface area contributed by atoms with Gasteiger partial charge in [0.15, 0.2) is 0 Å². The minimum atomic E-state index is -0.458. The quantitative estimate of drug-likeness (QED) is 0.729. The van der Waals surface area contributed by atoms with E-state index in [9.17, 15) is 9.59 Å². The third-order valence-corrected chi connectivity index (χ3v) is 4.31. The predicted molar refractivity (Wildman–Crippen MR) is 95.6 cm³/mol. The number of hydrogen-bond donors (Lipinski definition) is 2. The van der Waals surface area contributed by atoms with Crippen molar-refractivity contribution in [1.82, 2.24) is 19.9 Å². The monoisotopic (exact) mass is 350 g/mol. The van der Waals surface area contributed by atoms with Crippen molar-refractivity contribution in [3.05, 3.63) is 92.0 Å². The first-order valence-corrected chi connectivity index (χ1v) is 8.36. The minimum absolute atomic E-state index is 0.307. The van der Waals surface area contributed by atoms with E-state index in [0.717, 1.165) is 17.0 Å². The molecule has 0 fully saturated rings. The van der Waals surface area contributed by atoms with Crippen LogP contribution in [0, 0.1) is 0 Å². The van der Waals surface area contributed by atoms with Crippen LogP contribution in [0.2, 0.25) is 0 Å². The smallest absolute Gasteiger partial charge is 0.325 e. The second kappa shape index (κ2) is 6.97. The van der Waals surface area contributed by atoms with E-state index in [-0.39, 0.29) is 5.56 Å². The van der Waals surface area contributed by atoms with Crippen LogP contribution >= 0.6 is 0 Å². The summed E-state index contributed by atoms with van der Waals surface area (Å²) in [5, 5.41) is 0. The summed E-state index contributed by atoms with van der Waals surface area (Å²) >= 11 is 0. The Morgan fingerprint density at radius 1 is 1.08 bits per heavy atom. The maximum Gasteiger partial charge on any atom is 0.325 e. The molecule has 1 aromatic carbocycles. The molecule has 0 atom stereocenters. The van der Waals surface area contributed by atoms with Gasteiger partial charge in [-0.3, -0.25) is 19.7 Å². The van der Waals surface area contributed by atoms with Crippen molar-refractivity contribution in [2.24, 2.45) is 0 Å². The van der Waals surface area contributed by atoms with Crippen LogP contribution in [0.1, 0.15) is 22.5 Å². The lowest BCUT2D eigenvalue weighted by atomic mass is 10.2. The number of benzene rings is 1. The lowest BCUT2D eigenvalue weighted by Crippen LogP contribution is -2.25. The van der Waals surface area contributed by atoms with E-state index >= 15 is 0 Å². The van der Waals surface area contributed by atoms with Crippen molar-refractivity contribution < 1.29 is 4.74 Å². The Balaban J connectivity index is 1.42. The predicted octanol–water partition coefficient (Wildman–Crippen LogP) is 1.55. The number of H-pyrrole nitrogens is 2. The molecule has 3 aromatic rings. The number of pyridine rings is 1. The fraction of sp³-hybridized carbons (Fsp3) is 0.211. The van der Waals surface area contributed by atoms with Gasteiger partial charge in [-0.1, -0.05) is 18.2 Å². The fourth-order valence-electron chi connectivity index (χ4n) is 3.11. The average molecular weight is 350 g/mol. The molecule has 2 aromatic heterocycles. The Kier molecular flexibility index (Phi) is 4.37. The van der Waals surface area contributed by atoms with Crippen molar-refractivity contribution in [2.45, 2.75) is 26.2 Å². The Hall–Kier alpha value is -3.19. The topological polar surface area (TPSA) is 91.1 Å². The maximum atomic E-state index is 11.9. The first-order chi connectivity index (χ1) is 12.7. The van der Waals surface area contributed by atoms with Crippen molar-refractivity contribution in [1.29, 1.82) is 0 Å². The van der Waals surface area contributed by atoms with Gasteiger partial charge in [0.25, 0.3) is 5.56 Å². The SMILES string of the molecule is O=c1[nH]c2c(c(=O)[nH]1)CN(Cc1cccc(OCc3ccccn3)c1)C2. The van der Waals surface area contributed by atoms with Crippen LogP contribution in [0.5, 0.6) is 5.75 Å². The van der Waals surface area contributed by atoms with Crippen LogP contribution in [0.3, 0.4) is 0 Å². The third kappa shape index (κ3) is 3.57. The number of ether oxygens (including phenoxy) is 1. The van der Waals surface area contributed by atoms with Gasteiger partial charge in [-0.2, -0.15) is 0 Å². The first-order valence-electron chi connectivity index (χ1n) is 8.36. The third-order valence-electron chi connectivity index (χ3n) is 4.31. The van der Waals surface area contributed by atoms with E-state index < -0.39 is 5.69 Å². The lowest BCUT2D eigenvalue weighted by molar-refractivity contribution is 0.271. The Labute approximate surface area is 149 Å². The second-order valence-corrected chi connectivity index (χ2v) is 6.27. The van der Waals surface area contributed by atoms with E-state index in [1.807, 2.05) is 42.5 Å². The number of nitrogens with zero attached hydrogens (tertiary/aromatic N) is 2. The summed E-state index contributed by atoms with van der Waals surface area (Å²) in [5.74, 6) is 0.774. The molecule has 7 nitrogen and oxygen atoms in total. The van der Waals surface area contributed by atoms with Gasteiger partial charge in [0.05, 0.1) is 11.3 Å². The van der Waals surface area contributed by atoms with E-state index in [1.54, 1.807) is 6.20 Å². The molecule has 0 unspecified atom stereocenters. The van der Waals surface area contributed by atoms with Crippen LogP contribution in [0.15, 0.2) is 58.3 Å². The fourth-order valence-corrected chi connectivity index (χ4v) is 3.11. The molecule has 0 aliphatic carbocycles. The normalized spacial score (nSPS) is 13.5. The van der Waals surface area contributed by atoms with Crippen molar-refractivity contribution >= 4 is 0 Å². The standard InChI is InChI=1S/C19H18N4O3/c24-18-16-10-23(11-17(16)21-19(25)22-18)9-13-4-3-6-15(8-13)26-12-14-5-1-2-7-20-14/h1-8H,9-12H2,(H2,21,22,24,25). The van der Waals surface area contributed by atoms with Gasteiger partial charge in [0, 0.05) is 31.5 Å². The zero-order valence-electron chi connectivity index (χ0n) is 14.1. The zero-order chi connectivity index (χ0) is 17.9. The van der Waals surface area contributed by atoms with Crippen LogP contribution < -0.4 is 16.0 Å². The Bertz CT molecular complexity index is 1030. The van der Waals surface area contributed by atoms with Gasteiger partial charge < -0.3 is 9.72 Å². The van der Waals surface area contributed by atoms with Crippen molar-refractivity contribution in [2.75, 3.05) is 0 Å². The van der Waals surface area contributed by atoms with Gasteiger partial charge in [-0.05, 0) is 29.8 Å². The van der Waals surface area contributed by atoms with Crippen molar-refractivity contribution in [3.8, 4) is 5.75 Å². The number of aromatic amines is 2. The molecule has 2 N–H and O–H groups in total. The summed E-state index contributed by atoms with van der Waals surface area (Å²) in [7, 11) is 0. The molecule has 1 aliphatic rings. The molecular weight excluding hydrogens is 332 g/mol. The molecular formula is C19H18N4O3. The molecule has 0 radical (unpaired) electrons. The number of nitrogens with one attached hydrogen (secondary N) is 2. The number of fused-ring (bicyclic) bond motifs is 1. The van der Waals surface area contributed by atoms with E-state index in [2.05, 4.69) is 19.9 Å². The molecule has 132 valence electrons. The molecule has 0 bridgehead atoms. The van der Waals surface area contributed by atoms with Crippen LogP contribution in [0.25, 0.3) is 0 Å². The Morgan fingerprint density at radius 3 is 2.85 bits per heavy atom. The maximum absolute atomic E-state index is 11.9. The van der Waals surface area contributed by atoms with Crippen molar-refractivity contribution in [3.63, 3.8) is 0 Å². The van der Waals surface area contributed by atoms with Crippen LogP contribution in [-0.4, -0.2) is 19.9 Å². The van der Waals surface area contributed by atoms with Crippen LogP contribution in [-0.2, 0) is 26.2 Å². The number of aromatic nitrogens is 3. The summed E-state index contributed by atoms with van der Waals surface area (Å²) < 4.78 is 5.81. The van der Waals surface area contributed by atoms with Gasteiger partial charge in [0.1, 0.15) is 12.4 Å². The largest absolute Gasteiger partial charge is 0.487 e. The summed E-state index contributed by atoms with van der Waals surface area (Å²) in [6.45, 7) is 2.14. The van der Waals surface area contributed by atoms with Gasteiger partial charge in [0.2, 0.25) is 0 Å².